The lowest BCUT2D eigenvalue weighted by molar-refractivity contribution is -0.137. The number of rotatable bonds is 4. The summed E-state index contributed by atoms with van der Waals surface area (Å²) in [5.74, 6) is -0.0368. The Kier molecular flexibility index (Phi) is 8.05. The average Bonchev–Trinajstić information content (AvgIpc) is 2.28. The molecule has 0 aromatic carbocycles. The van der Waals surface area contributed by atoms with E-state index in [1.807, 2.05) is 19.2 Å². The number of aliphatic carboxylic acids is 1. The summed E-state index contributed by atoms with van der Waals surface area (Å²) in [6.45, 7) is 0. The second kappa shape index (κ2) is 8.84. The van der Waals surface area contributed by atoms with Crippen LogP contribution in [0.2, 0.25) is 0 Å². The van der Waals surface area contributed by atoms with Crippen molar-refractivity contribution < 1.29 is 14.7 Å². The summed E-state index contributed by atoms with van der Waals surface area (Å²) in [7, 11) is 1.84. The SMILES string of the molecule is CNc1ccc(Br)cn1.O=CCCC(=O)O. The number of nitrogens with zero attached hydrogens (tertiary/aromatic N) is 1. The first-order valence-corrected chi connectivity index (χ1v) is 5.34. The van der Waals surface area contributed by atoms with Crippen LogP contribution in [0.5, 0.6) is 0 Å². The number of carbonyl (C=O) groups is 2. The van der Waals surface area contributed by atoms with Crippen molar-refractivity contribution in [3.05, 3.63) is 22.8 Å². The molecule has 0 atom stereocenters. The van der Waals surface area contributed by atoms with Crippen LogP contribution in [0.15, 0.2) is 22.8 Å². The molecule has 1 heterocycles. The number of hydrogen-bond acceptors (Lipinski definition) is 4. The third-order valence-corrected chi connectivity index (χ3v) is 1.93. The van der Waals surface area contributed by atoms with Crippen molar-refractivity contribution in [2.75, 3.05) is 12.4 Å². The molecule has 6 heteroatoms. The van der Waals surface area contributed by atoms with Crippen LogP contribution >= 0.6 is 15.9 Å². The zero-order valence-corrected chi connectivity index (χ0v) is 10.4. The van der Waals surface area contributed by atoms with Gasteiger partial charge >= 0.3 is 5.97 Å². The van der Waals surface area contributed by atoms with E-state index in [1.54, 1.807) is 6.20 Å². The van der Waals surface area contributed by atoms with Crippen LogP contribution in [-0.4, -0.2) is 29.4 Å². The molecule has 0 saturated carbocycles. The van der Waals surface area contributed by atoms with Gasteiger partial charge in [-0.2, -0.15) is 0 Å². The monoisotopic (exact) mass is 288 g/mol. The van der Waals surface area contributed by atoms with Gasteiger partial charge in [0.25, 0.3) is 0 Å². The highest BCUT2D eigenvalue weighted by Gasteiger charge is 1.91. The first kappa shape index (κ1) is 14.6. The fourth-order valence-corrected chi connectivity index (χ4v) is 0.941. The Hall–Kier alpha value is -1.43. The summed E-state index contributed by atoms with van der Waals surface area (Å²) >= 11 is 3.28. The Morgan fingerprint density at radius 2 is 2.31 bits per heavy atom. The molecule has 0 aliphatic carbocycles. The number of aromatic nitrogens is 1. The van der Waals surface area contributed by atoms with Crippen molar-refractivity contribution in [1.82, 2.24) is 4.98 Å². The molecule has 16 heavy (non-hydrogen) atoms. The zero-order chi connectivity index (χ0) is 12.4. The van der Waals surface area contributed by atoms with Crippen LogP contribution in [0.3, 0.4) is 0 Å². The highest BCUT2D eigenvalue weighted by Crippen LogP contribution is 2.09. The quantitative estimate of drug-likeness (QED) is 0.828. The smallest absolute Gasteiger partial charge is 0.303 e. The molecule has 0 fully saturated rings. The summed E-state index contributed by atoms with van der Waals surface area (Å²) < 4.78 is 1.00. The lowest BCUT2D eigenvalue weighted by atomic mass is 10.3. The van der Waals surface area contributed by atoms with E-state index in [2.05, 4.69) is 26.2 Å². The van der Waals surface area contributed by atoms with Gasteiger partial charge in [0.1, 0.15) is 12.1 Å². The van der Waals surface area contributed by atoms with Crippen LogP contribution in [0.1, 0.15) is 12.8 Å². The minimum atomic E-state index is -0.924. The fraction of sp³-hybridized carbons (Fsp3) is 0.300. The van der Waals surface area contributed by atoms with Gasteiger partial charge in [0.15, 0.2) is 0 Å². The third-order valence-electron chi connectivity index (χ3n) is 1.46. The summed E-state index contributed by atoms with van der Waals surface area (Å²) in [6, 6.07) is 3.85. The molecule has 0 bridgehead atoms. The Morgan fingerprint density at radius 1 is 1.62 bits per heavy atom. The molecule has 2 N–H and O–H groups in total. The molecule has 0 aliphatic rings. The molecule has 0 unspecified atom stereocenters. The second-order valence-electron chi connectivity index (χ2n) is 2.71. The lowest BCUT2D eigenvalue weighted by Crippen LogP contribution is -1.93. The first-order valence-electron chi connectivity index (χ1n) is 4.55. The predicted octanol–water partition coefficient (Wildman–Crippen LogP) is 1.94. The van der Waals surface area contributed by atoms with Gasteiger partial charge in [0, 0.05) is 24.1 Å². The molecule has 0 radical (unpaired) electrons. The van der Waals surface area contributed by atoms with Gasteiger partial charge in [-0.1, -0.05) is 0 Å². The maximum atomic E-state index is 9.60. The van der Waals surface area contributed by atoms with Crippen LogP contribution in [0, 0.1) is 0 Å². The number of aldehydes is 1. The number of carboxylic acid groups (broad SMARTS) is 1. The van der Waals surface area contributed by atoms with Crippen molar-refractivity contribution in [3.63, 3.8) is 0 Å². The molecular formula is C10H13BrN2O3. The van der Waals surface area contributed by atoms with E-state index >= 15 is 0 Å². The highest BCUT2D eigenvalue weighted by atomic mass is 79.9. The third kappa shape index (κ3) is 7.93. The summed E-state index contributed by atoms with van der Waals surface area (Å²) in [5, 5.41) is 10.8. The second-order valence-corrected chi connectivity index (χ2v) is 3.63. The normalized spacial score (nSPS) is 8.62. The number of pyridine rings is 1. The van der Waals surface area contributed by atoms with Crippen molar-refractivity contribution in [2.24, 2.45) is 0 Å². The number of anilines is 1. The van der Waals surface area contributed by atoms with E-state index in [-0.39, 0.29) is 12.8 Å². The molecule has 1 rings (SSSR count). The van der Waals surface area contributed by atoms with Crippen molar-refractivity contribution in [2.45, 2.75) is 12.8 Å². The summed E-state index contributed by atoms with van der Waals surface area (Å²) in [4.78, 5) is 23.1. The maximum Gasteiger partial charge on any atom is 0.303 e. The minimum absolute atomic E-state index is 0.0521. The summed E-state index contributed by atoms with van der Waals surface area (Å²) in [5.41, 5.74) is 0. The Bertz CT molecular complexity index is 327. The minimum Gasteiger partial charge on any atom is -0.481 e. The van der Waals surface area contributed by atoms with Gasteiger partial charge < -0.3 is 15.2 Å². The number of hydrogen-bond donors (Lipinski definition) is 2. The van der Waals surface area contributed by atoms with Crippen molar-refractivity contribution >= 4 is 34.0 Å². The van der Waals surface area contributed by atoms with E-state index < -0.39 is 5.97 Å². The van der Waals surface area contributed by atoms with Crippen LogP contribution in [-0.2, 0) is 9.59 Å². The van der Waals surface area contributed by atoms with E-state index in [0.29, 0.717) is 6.29 Å². The average molecular weight is 289 g/mol. The maximum absolute atomic E-state index is 9.60. The lowest BCUT2D eigenvalue weighted by Gasteiger charge is -1.95. The van der Waals surface area contributed by atoms with E-state index in [9.17, 15) is 9.59 Å². The number of halogens is 1. The van der Waals surface area contributed by atoms with Crippen LogP contribution in [0.25, 0.3) is 0 Å². The topological polar surface area (TPSA) is 79.3 Å². The largest absolute Gasteiger partial charge is 0.481 e. The van der Waals surface area contributed by atoms with E-state index in [0.717, 1.165) is 10.3 Å². The molecule has 88 valence electrons. The van der Waals surface area contributed by atoms with Crippen molar-refractivity contribution in [3.8, 4) is 0 Å². The fourth-order valence-electron chi connectivity index (χ4n) is 0.706. The van der Waals surface area contributed by atoms with Crippen LogP contribution < -0.4 is 5.32 Å². The highest BCUT2D eigenvalue weighted by molar-refractivity contribution is 9.10. The molecule has 0 aliphatic heterocycles. The standard InChI is InChI=1S/C6H7BrN2.C4H6O3/c1-8-6-3-2-5(7)4-9-6;5-3-1-2-4(6)7/h2-4H,1H3,(H,8,9);3H,1-2H2,(H,6,7). The van der Waals surface area contributed by atoms with Crippen LogP contribution in [0.4, 0.5) is 5.82 Å². The van der Waals surface area contributed by atoms with E-state index in [1.165, 1.54) is 0 Å². The number of carbonyl (C=O) groups excluding carboxylic acids is 1. The summed E-state index contributed by atoms with van der Waals surface area (Å²) in [6.07, 6.45) is 2.42. The molecule has 1 aromatic heterocycles. The van der Waals surface area contributed by atoms with Crippen molar-refractivity contribution in [1.29, 1.82) is 0 Å². The molecule has 0 saturated heterocycles. The van der Waals surface area contributed by atoms with E-state index in [4.69, 9.17) is 5.11 Å². The molecular weight excluding hydrogens is 276 g/mol. The Balaban J connectivity index is 0.000000293. The molecule has 0 spiro atoms. The van der Waals surface area contributed by atoms with Gasteiger partial charge in [-0.25, -0.2) is 4.98 Å². The van der Waals surface area contributed by atoms with Gasteiger partial charge in [0.05, 0.1) is 6.42 Å². The van der Waals surface area contributed by atoms with Gasteiger partial charge in [-0.3, -0.25) is 4.79 Å². The Labute approximate surface area is 102 Å². The molecule has 1 aromatic rings. The van der Waals surface area contributed by atoms with Gasteiger partial charge in [-0.05, 0) is 28.1 Å². The van der Waals surface area contributed by atoms with Gasteiger partial charge in [0.2, 0.25) is 0 Å². The van der Waals surface area contributed by atoms with Gasteiger partial charge in [-0.15, -0.1) is 0 Å². The molecule has 5 nitrogen and oxygen atoms in total. The zero-order valence-electron chi connectivity index (χ0n) is 8.81. The Morgan fingerprint density at radius 3 is 2.62 bits per heavy atom. The number of nitrogens with one attached hydrogen (secondary N) is 1. The molecule has 0 amide bonds. The number of carboxylic acids is 1. The predicted molar refractivity (Wildman–Crippen MR) is 64.4 cm³/mol. The first-order chi connectivity index (χ1) is 7.60.